The molecule has 0 bridgehead atoms. The number of carbonyl (C=O) groups is 2. The van der Waals surface area contributed by atoms with Crippen molar-refractivity contribution >= 4 is 23.2 Å². The molecule has 0 aliphatic rings. The van der Waals surface area contributed by atoms with Crippen molar-refractivity contribution in [2.24, 2.45) is 0 Å². The number of likely N-dealkylation sites (N-methyl/N-ethyl adjacent to an activating group) is 1. The van der Waals surface area contributed by atoms with Gasteiger partial charge in [0.05, 0.1) is 0 Å². The van der Waals surface area contributed by atoms with Crippen molar-refractivity contribution in [3.8, 4) is 5.75 Å². The van der Waals surface area contributed by atoms with E-state index in [4.69, 9.17) is 4.74 Å². The zero-order valence-corrected chi connectivity index (χ0v) is 16.3. The van der Waals surface area contributed by atoms with Crippen molar-refractivity contribution in [2.45, 2.75) is 33.7 Å². The first-order valence-electron chi connectivity index (χ1n) is 9.04. The number of benzene rings is 2. The Hall–Kier alpha value is -3.02. The summed E-state index contributed by atoms with van der Waals surface area (Å²) in [7, 11) is 0. The Balaban J connectivity index is 1.90. The molecular weight excluding hydrogens is 342 g/mol. The highest BCUT2D eigenvalue weighted by Gasteiger charge is 2.15. The zero-order chi connectivity index (χ0) is 19.8. The Morgan fingerprint density at radius 2 is 1.67 bits per heavy atom. The second kappa shape index (κ2) is 9.62. The van der Waals surface area contributed by atoms with Gasteiger partial charge in [-0.15, -0.1) is 0 Å². The molecule has 0 spiro atoms. The van der Waals surface area contributed by atoms with Gasteiger partial charge in [-0.2, -0.15) is 0 Å². The number of carbonyl (C=O) groups excluding carboxylic acids is 2. The molecule has 27 heavy (non-hydrogen) atoms. The van der Waals surface area contributed by atoms with Gasteiger partial charge in [0.15, 0.2) is 6.61 Å². The Bertz CT molecular complexity index is 768. The highest BCUT2D eigenvalue weighted by Crippen LogP contribution is 2.20. The van der Waals surface area contributed by atoms with E-state index < -0.39 is 6.04 Å². The summed E-state index contributed by atoms with van der Waals surface area (Å²) >= 11 is 0. The van der Waals surface area contributed by atoms with Crippen LogP contribution in [-0.4, -0.2) is 31.0 Å². The average Bonchev–Trinajstić information content (AvgIpc) is 2.64. The Labute approximate surface area is 160 Å². The number of hydrogen-bond acceptors (Lipinski definition) is 4. The average molecular weight is 369 g/mol. The van der Waals surface area contributed by atoms with E-state index in [1.165, 1.54) is 0 Å². The predicted molar refractivity (Wildman–Crippen MR) is 108 cm³/mol. The van der Waals surface area contributed by atoms with Gasteiger partial charge in [-0.25, -0.2) is 0 Å². The summed E-state index contributed by atoms with van der Waals surface area (Å²) < 4.78 is 5.41. The standard InChI is InChI=1S/C21H27N3O3/c1-5-22-19(25)13-27-18-11-9-17(10-12-18)23-16(4)21(26)24-20-14(2)7-6-8-15(20)3/h6-12,16,23H,5,13H2,1-4H3,(H,22,25)(H,24,26). The minimum atomic E-state index is -0.411. The predicted octanol–water partition coefficient (Wildman–Crippen LogP) is 3.26. The molecule has 3 N–H and O–H groups in total. The van der Waals surface area contributed by atoms with Crippen molar-refractivity contribution in [1.82, 2.24) is 5.32 Å². The van der Waals surface area contributed by atoms with Gasteiger partial charge in [-0.05, 0) is 63.1 Å². The van der Waals surface area contributed by atoms with E-state index in [0.717, 1.165) is 22.5 Å². The van der Waals surface area contributed by atoms with Crippen LogP contribution >= 0.6 is 0 Å². The summed E-state index contributed by atoms with van der Waals surface area (Å²) in [6, 6.07) is 12.7. The largest absolute Gasteiger partial charge is 0.484 e. The first-order chi connectivity index (χ1) is 12.9. The summed E-state index contributed by atoms with van der Waals surface area (Å²) in [6.07, 6.45) is 0. The minimum Gasteiger partial charge on any atom is -0.484 e. The molecule has 1 atom stereocenters. The van der Waals surface area contributed by atoms with E-state index in [0.29, 0.717) is 12.3 Å². The van der Waals surface area contributed by atoms with Gasteiger partial charge < -0.3 is 20.7 Å². The molecule has 0 aliphatic heterocycles. The van der Waals surface area contributed by atoms with Crippen molar-refractivity contribution < 1.29 is 14.3 Å². The quantitative estimate of drug-likeness (QED) is 0.667. The van der Waals surface area contributed by atoms with Crippen molar-refractivity contribution in [2.75, 3.05) is 23.8 Å². The molecule has 2 amide bonds. The van der Waals surface area contributed by atoms with E-state index in [-0.39, 0.29) is 18.4 Å². The van der Waals surface area contributed by atoms with E-state index in [1.54, 1.807) is 12.1 Å². The van der Waals surface area contributed by atoms with Gasteiger partial charge in [-0.1, -0.05) is 18.2 Å². The van der Waals surface area contributed by atoms with Crippen LogP contribution in [0.15, 0.2) is 42.5 Å². The first-order valence-corrected chi connectivity index (χ1v) is 9.04. The summed E-state index contributed by atoms with van der Waals surface area (Å²) in [4.78, 5) is 23.9. The normalized spacial score (nSPS) is 11.4. The number of para-hydroxylation sites is 1. The third-order valence-electron chi connectivity index (χ3n) is 4.10. The van der Waals surface area contributed by atoms with Gasteiger partial charge in [0, 0.05) is 17.9 Å². The fourth-order valence-corrected chi connectivity index (χ4v) is 2.60. The molecule has 0 heterocycles. The van der Waals surface area contributed by atoms with Crippen LogP contribution in [0.5, 0.6) is 5.75 Å². The molecule has 6 heteroatoms. The lowest BCUT2D eigenvalue weighted by atomic mass is 10.1. The minimum absolute atomic E-state index is 0.0186. The summed E-state index contributed by atoms with van der Waals surface area (Å²) in [5.74, 6) is 0.333. The molecule has 0 aromatic heterocycles. The van der Waals surface area contributed by atoms with Gasteiger partial charge in [0.2, 0.25) is 5.91 Å². The molecule has 144 valence electrons. The Kier molecular flexibility index (Phi) is 7.23. The van der Waals surface area contributed by atoms with Crippen molar-refractivity contribution in [1.29, 1.82) is 0 Å². The lowest BCUT2D eigenvalue weighted by Crippen LogP contribution is -2.32. The number of rotatable bonds is 8. The Morgan fingerprint density at radius 3 is 2.26 bits per heavy atom. The van der Waals surface area contributed by atoms with Crippen LogP contribution in [0.1, 0.15) is 25.0 Å². The molecule has 0 saturated heterocycles. The lowest BCUT2D eigenvalue weighted by Gasteiger charge is -2.18. The molecule has 0 radical (unpaired) electrons. The maximum atomic E-state index is 12.5. The molecule has 2 aromatic rings. The SMILES string of the molecule is CCNC(=O)COc1ccc(NC(C)C(=O)Nc2c(C)cccc2C)cc1. The molecule has 0 saturated carbocycles. The summed E-state index contributed by atoms with van der Waals surface area (Å²) in [5.41, 5.74) is 3.71. The molecule has 6 nitrogen and oxygen atoms in total. The van der Waals surface area contributed by atoms with E-state index in [9.17, 15) is 9.59 Å². The number of anilines is 2. The van der Waals surface area contributed by atoms with Crippen LogP contribution in [0.2, 0.25) is 0 Å². The van der Waals surface area contributed by atoms with Crippen molar-refractivity contribution in [3.05, 3.63) is 53.6 Å². The zero-order valence-electron chi connectivity index (χ0n) is 16.3. The first kappa shape index (κ1) is 20.3. The van der Waals surface area contributed by atoms with Crippen LogP contribution in [0.4, 0.5) is 11.4 Å². The van der Waals surface area contributed by atoms with Gasteiger partial charge in [0.1, 0.15) is 11.8 Å². The van der Waals surface area contributed by atoms with Gasteiger partial charge in [0.25, 0.3) is 5.91 Å². The van der Waals surface area contributed by atoms with E-state index in [2.05, 4.69) is 16.0 Å². The van der Waals surface area contributed by atoms with Crippen LogP contribution in [0.3, 0.4) is 0 Å². The number of nitrogens with one attached hydrogen (secondary N) is 3. The fraction of sp³-hybridized carbons (Fsp3) is 0.333. The van der Waals surface area contributed by atoms with Gasteiger partial charge >= 0.3 is 0 Å². The maximum absolute atomic E-state index is 12.5. The molecular formula is C21H27N3O3. The summed E-state index contributed by atoms with van der Waals surface area (Å²) in [5, 5.41) is 8.82. The van der Waals surface area contributed by atoms with Crippen LogP contribution in [0, 0.1) is 13.8 Å². The molecule has 0 aliphatic carbocycles. The molecule has 2 aromatic carbocycles. The molecule has 1 unspecified atom stereocenters. The van der Waals surface area contributed by atoms with Crippen molar-refractivity contribution in [3.63, 3.8) is 0 Å². The van der Waals surface area contributed by atoms with Crippen LogP contribution < -0.4 is 20.7 Å². The number of aryl methyl sites for hydroxylation is 2. The second-order valence-corrected chi connectivity index (χ2v) is 6.39. The topological polar surface area (TPSA) is 79.5 Å². The van der Waals surface area contributed by atoms with E-state index in [1.807, 2.05) is 58.0 Å². The Morgan fingerprint density at radius 1 is 1.04 bits per heavy atom. The molecule has 2 rings (SSSR count). The lowest BCUT2D eigenvalue weighted by molar-refractivity contribution is -0.123. The number of ether oxygens (including phenoxy) is 1. The highest BCUT2D eigenvalue weighted by atomic mass is 16.5. The third-order valence-corrected chi connectivity index (χ3v) is 4.10. The monoisotopic (exact) mass is 369 g/mol. The molecule has 0 fully saturated rings. The van der Waals surface area contributed by atoms with Crippen LogP contribution in [0.25, 0.3) is 0 Å². The van der Waals surface area contributed by atoms with E-state index >= 15 is 0 Å². The van der Waals surface area contributed by atoms with Crippen LogP contribution in [-0.2, 0) is 9.59 Å². The highest BCUT2D eigenvalue weighted by molar-refractivity contribution is 5.97. The third kappa shape index (κ3) is 6.02. The summed E-state index contributed by atoms with van der Waals surface area (Å²) in [6.45, 7) is 8.17. The second-order valence-electron chi connectivity index (χ2n) is 6.39. The fourth-order valence-electron chi connectivity index (χ4n) is 2.60. The smallest absolute Gasteiger partial charge is 0.257 e. The van der Waals surface area contributed by atoms with Gasteiger partial charge in [-0.3, -0.25) is 9.59 Å². The maximum Gasteiger partial charge on any atom is 0.257 e. The number of hydrogen-bond donors (Lipinski definition) is 3. The number of amides is 2.